The Morgan fingerprint density at radius 2 is 1.97 bits per heavy atom. The van der Waals surface area contributed by atoms with Crippen molar-refractivity contribution in [2.75, 3.05) is 32.5 Å². The SMILES string of the molecule is CN(C)CCNc1ccc(-n2nc(C(=O)O)c3cc(-c4cccc(F)c4F)ccc32)cn1. The van der Waals surface area contributed by atoms with Crippen molar-refractivity contribution >= 4 is 22.7 Å². The molecule has 164 valence electrons. The predicted molar refractivity (Wildman–Crippen MR) is 118 cm³/mol. The Morgan fingerprint density at radius 3 is 2.66 bits per heavy atom. The molecule has 0 amide bonds. The highest BCUT2D eigenvalue weighted by atomic mass is 19.2. The quantitative estimate of drug-likeness (QED) is 0.454. The van der Waals surface area contributed by atoms with Crippen molar-refractivity contribution < 1.29 is 18.7 Å². The Bertz CT molecular complexity index is 1290. The fraction of sp³-hybridized carbons (Fsp3) is 0.174. The summed E-state index contributed by atoms with van der Waals surface area (Å²) in [6.45, 7) is 1.58. The van der Waals surface area contributed by atoms with Crippen LogP contribution in [0.4, 0.5) is 14.6 Å². The number of fused-ring (bicyclic) bond motifs is 1. The molecular weight excluding hydrogens is 416 g/mol. The van der Waals surface area contributed by atoms with Crippen LogP contribution in [0.5, 0.6) is 0 Å². The lowest BCUT2D eigenvalue weighted by atomic mass is 10.0. The van der Waals surface area contributed by atoms with E-state index in [4.69, 9.17) is 0 Å². The van der Waals surface area contributed by atoms with Gasteiger partial charge in [-0.2, -0.15) is 5.10 Å². The number of nitrogens with zero attached hydrogens (tertiary/aromatic N) is 4. The minimum absolute atomic E-state index is 0.0470. The van der Waals surface area contributed by atoms with E-state index < -0.39 is 17.6 Å². The van der Waals surface area contributed by atoms with E-state index in [2.05, 4.69) is 20.3 Å². The zero-order valence-electron chi connectivity index (χ0n) is 17.5. The number of rotatable bonds is 7. The van der Waals surface area contributed by atoms with E-state index in [9.17, 15) is 18.7 Å². The van der Waals surface area contributed by atoms with E-state index in [-0.39, 0.29) is 11.3 Å². The number of pyridine rings is 1. The zero-order chi connectivity index (χ0) is 22.8. The average Bonchev–Trinajstić information content (AvgIpc) is 3.15. The third-order valence-electron chi connectivity index (χ3n) is 5.00. The molecule has 7 nitrogen and oxygen atoms in total. The molecule has 0 aliphatic carbocycles. The Morgan fingerprint density at radius 1 is 1.16 bits per heavy atom. The molecular formula is C23H21F2N5O2. The van der Waals surface area contributed by atoms with Crippen LogP contribution < -0.4 is 5.32 Å². The number of hydrogen-bond acceptors (Lipinski definition) is 5. The average molecular weight is 437 g/mol. The van der Waals surface area contributed by atoms with E-state index >= 15 is 0 Å². The lowest BCUT2D eigenvalue weighted by Gasteiger charge is -2.11. The van der Waals surface area contributed by atoms with E-state index in [1.807, 2.05) is 14.1 Å². The van der Waals surface area contributed by atoms with Gasteiger partial charge in [0.2, 0.25) is 0 Å². The molecule has 4 rings (SSSR count). The monoisotopic (exact) mass is 437 g/mol. The predicted octanol–water partition coefficient (Wildman–Crippen LogP) is 4.04. The van der Waals surface area contributed by atoms with Gasteiger partial charge in [-0.25, -0.2) is 23.2 Å². The third-order valence-corrected chi connectivity index (χ3v) is 5.00. The maximum atomic E-state index is 14.3. The molecule has 0 aliphatic heterocycles. The van der Waals surface area contributed by atoms with E-state index in [0.29, 0.717) is 28.0 Å². The van der Waals surface area contributed by atoms with Gasteiger partial charge in [0, 0.05) is 24.0 Å². The summed E-state index contributed by atoms with van der Waals surface area (Å²) in [5, 5.41) is 17.4. The molecule has 2 heterocycles. The largest absolute Gasteiger partial charge is 0.476 e. The normalized spacial score (nSPS) is 11.3. The Balaban J connectivity index is 1.73. The number of hydrogen-bond donors (Lipinski definition) is 2. The van der Waals surface area contributed by atoms with Gasteiger partial charge in [0.15, 0.2) is 17.3 Å². The second kappa shape index (κ2) is 8.72. The highest BCUT2D eigenvalue weighted by Gasteiger charge is 2.19. The fourth-order valence-corrected chi connectivity index (χ4v) is 3.39. The number of nitrogens with one attached hydrogen (secondary N) is 1. The number of benzene rings is 2. The van der Waals surface area contributed by atoms with Crippen LogP contribution in [0.15, 0.2) is 54.7 Å². The molecule has 0 unspecified atom stereocenters. The molecule has 0 atom stereocenters. The molecule has 4 aromatic rings. The first-order valence-electron chi connectivity index (χ1n) is 9.90. The number of halogens is 2. The summed E-state index contributed by atoms with van der Waals surface area (Å²) in [6, 6.07) is 12.2. The summed E-state index contributed by atoms with van der Waals surface area (Å²) in [6.07, 6.45) is 1.59. The molecule has 0 bridgehead atoms. The van der Waals surface area contributed by atoms with Crippen LogP contribution in [-0.4, -0.2) is 57.9 Å². The van der Waals surface area contributed by atoms with Gasteiger partial charge in [-0.15, -0.1) is 0 Å². The first-order valence-corrected chi connectivity index (χ1v) is 9.90. The lowest BCUT2D eigenvalue weighted by Crippen LogP contribution is -2.21. The van der Waals surface area contributed by atoms with Crippen LogP contribution >= 0.6 is 0 Å². The molecule has 0 radical (unpaired) electrons. The molecule has 0 aliphatic rings. The van der Waals surface area contributed by atoms with Gasteiger partial charge in [-0.3, -0.25) is 0 Å². The van der Waals surface area contributed by atoms with Crippen LogP contribution in [0, 0.1) is 11.6 Å². The number of carboxylic acid groups (broad SMARTS) is 1. The van der Waals surface area contributed by atoms with E-state index in [1.165, 1.54) is 22.9 Å². The van der Waals surface area contributed by atoms with Crippen LogP contribution in [0.1, 0.15) is 10.5 Å². The van der Waals surface area contributed by atoms with Crippen LogP contribution in [0.2, 0.25) is 0 Å². The summed E-state index contributed by atoms with van der Waals surface area (Å²) in [5.41, 5.74) is 1.30. The van der Waals surface area contributed by atoms with Gasteiger partial charge in [0.05, 0.1) is 17.4 Å². The molecule has 0 spiro atoms. The second-order valence-corrected chi connectivity index (χ2v) is 7.53. The molecule has 32 heavy (non-hydrogen) atoms. The summed E-state index contributed by atoms with van der Waals surface area (Å²) in [7, 11) is 3.96. The van der Waals surface area contributed by atoms with Crippen molar-refractivity contribution in [1.82, 2.24) is 19.7 Å². The Labute approximate surface area is 182 Å². The summed E-state index contributed by atoms with van der Waals surface area (Å²) < 4.78 is 29.4. The van der Waals surface area contributed by atoms with Crippen LogP contribution in [0.25, 0.3) is 27.7 Å². The number of carbonyl (C=O) groups is 1. The molecule has 0 fully saturated rings. The Hall–Kier alpha value is -3.85. The number of anilines is 1. The minimum Gasteiger partial charge on any atom is -0.476 e. The van der Waals surface area contributed by atoms with Crippen molar-refractivity contribution in [2.45, 2.75) is 0 Å². The standard InChI is InChI=1S/C23H21F2N5O2/c1-29(2)11-10-26-20-9-7-15(13-27-20)30-19-8-6-14(12-17(19)22(28-30)23(31)32)16-4-3-5-18(24)21(16)25/h3-9,12-13H,10-11H2,1-2H3,(H,26,27)(H,31,32). The fourth-order valence-electron chi connectivity index (χ4n) is 3.39. The summed E-state index contributed by atoms with van der Waals surface area (Å²) in [4.78, 5) is 18.2. The number of likely N-dealkylation sites (N-methyl/N-ethyl adjacent to an activating group) is 1. The maximum Gasteiger partial charge on any atom is 0.357 e. The topological polar surface area (TPSA) is 83.3 Å². The minimum atomic E-state index is -1.22. The van der Waals surface area contributed by atoms with Gasteiger partial charge in [0.1, 0.15) is 5.82 Å². The summed E-state index contributed by atoms with van der Waals surface area (Å²) >= 11 is 0. The number of carboxylic acids is 1. The van der Waals surface area contributed by atoms with Crippen molar-refractivity contribution in [3.05, 3.63) is 72.1 Å². The highest BCUT2D eigenvalue weighted by Crippen LogP contribution is 2.30. The molecule has 0 saturated carbocycles. The van der Waals surface area contributed by atoms with E-state index in [1.54, 1.807) is 30.5 Å². The first-order chi connectivity index (χ1) is 15.3. The smallest absolute Gasteiger partial charge is 0.357 e. The van der Waals surface area contributed by atoms with E-state index in [0.717, 1.165) is 19.2 Å². The lowest BCUT2D eigenvalue weighted by molar-refractivity contribution is 0.0692. The molecule has 2 aromatic carbocycles. The van der Waals surface area contributed by atoms with Gasteiger partial charge >= 0.3 is 5.97 Å². The molecule has 0 saturated heterocycles. The third kappa shape index (κ3) is 4.15. The van der Waals surface area contributed by atoms with Crippen LogP contribution in [-0.2, 0) is 0 Å². The van der Waals surface area contributed by atoms with Gasteiger partial charge in [0.25, 0.3) is 0 Å². The Kier molecular flexibility index (Phi) is 5.83. The number of aromatic carboxylic acids is 1. The highest BCUT2D eigenvalue weighted by molar-refractivity contribution is 6.03. The van der Waals surface area contributed by atoms with Crippen molar-refractivity contribution in [3.63, 3.8) is 0 Å². The summed E-state index contributed by atoms with van der Waals surface area (Å²) in [5.74, 6) is -2.49. The van der Waals surface area contributed by atoms with Gasteiger partial charge in [-0.1, -0.05) is 18.2 Å². The molecule has 2 aromatic heterocycles. The van der Waals surface area contributed by atoms with Crippen LogP contribution in [0.3, 0.4) is 0 Å². The van der Waals surface area contributed by atoms with Crippen molar-refractivity contribution in [3.8, 4) is 16.8 Å². The number of aromatic nitrogens is 3. The maximum absolute atomic E-state index is 14.3. The van der Waals surface area contributed by atoms with Gasteiger partial charge < -0.3 is 15.3 Å². The van der Waals surface area contributed by atoms with Gasteiger partial charge in [-0.05, 0) is 50.0 Å². The molecule has 2 N–H and O–H groups in total. The van der Waals surface area contributed by atoms with Crippen molar-refractivity contribution in [1.29, 1.82) is 0 Å². The first kappa shape index (κ1) is 21.4. The molecule has 9 heteroatoms. The zero-order valence-corrected chi connectivity index (χ0v) is 17.5. The van der Waals surface area contributed by atoms with Crippen molar-refractivity contribution in [2.24, 2.45) is 0 Å². The second-order valence-electron chi connectivity index (χ2n) is 7.53.